The van der Waals surface area contributed by atoms with Crippen LogP contribution in [0.25, 0.3) is 0 Å². The Morgan fingerprint density at radius 2 is 1.84 bits per heavy atom. The molecule has 2 aromatic carbocycles. The number of halogens is 1. The summed E-state index contributed by atoms with van der Waals surface area (Å²) >= 11 is 6.02. The Hall–Kier alpha value is -3.20. The Kier molecular flexibility index (Phi) is 5.18. The molecule has 0 aliphatic carbocycles. The quantitative estimate of drug-likeness (QED) is 0.492. The molecule has 0 aromatic heterocycles. The number of nitrogens with zero attached hydrogens (tertiary/aromatic N) is 3. The van der Waals surface area contributed by atoms with Crippen LogP contribution >= 0.6 is 11.6 Å². The standard InChI is InChI=1S/C15H13ClN4O5/c1-18(8-10-6-11(19(22)23)3-4-12(10)16)15(21)9-2-5-13(17)14(7-9)20(24)25/h2-7H,8,17H2,1H3. The van der Waals surface area contributed by atoms with E-state index in [2.05, 4.69) is 0 Å². The number of carbonyl (C=O) groups is 1. The molecular formula is C15H13ClN4O5. The zero-order valence-electron chi connectivity index (χ0n) is 13.0. The van der Waals surface area contributed by atoms with Gasteiger partial charge in [0.25, 0.3) is 17.3 Å². The summed E-state index contributed by atoms with van der Waals surface area (Å²) in [6, 6.07) is 7.65. The molecule has 0 radical (unpaired) electrons. The fourth-order valence-electron chi connectivity index (χ4n) is 2.18. The molecule has 0 saturated heterocycles. The van der Waals surface area contributed by atoms with Crippen LogP contribution in [-0.2, 0) is 6.54 Å². The molecule has 2 N–H and O–H groups in total. The Morgan fingerprint density at radius 1 is 1.16 bits per heavy atom. The van der Waals surface area contributed by atoms with Gasteiger partial charge in [-0.3, -0.25) is 25.0 Å². The Balaban J connectivity index is 2.27. The highest BCUT2D eigenvalue weighted by Gasteiger charge is 2.19. The van der Waals surface area contributed by atoms with E-state index in [-0.39, 0.29) is 34.2 Å². The van der Waals surface area contributed by atoms with Gasteiger partial charge in [-0.05, 0) is 23.8 Å². The fraction of sp³-hybridized carbons (Fsp3) is 0.133. The van der Waals surface area contributed by atoms with E-state index >= 15 is 0 Å². The first-order chi connectivity index (χ1) is 11.7. The van der Waals surface area contributed by atoms with Gasteiger partial charge in [-0.15, -0.1) is 0 Å². The van der Waals surface area contributed by atoms with E-state index in [1.54, 1.807) is 0 Å². The number of nitro groups is 2. The molecule has 0 saturated carbocycles. The topological polar surface area (TPSA) is 133 Å². The van der Waals surface area contributed by atoms with Crippen molar-refractivity contribution in [3.05, 3.63) is 72.8 Å². The number of non-ortho nitro benzene ring substituents is 1. The summed E-state index contributed by atoms with van der Waals surface area (Å²) in [5.41, 5.74) is 5.40. The van der Waals surface area contributed by atoms with E-state index in [4.69, 9.17) is 17.3 Å². The van der Waals surface area contributed by atoms with Crippen molar-refractivity contribution in [1.82, 2.24) is 4.90 Å². The predicted octanol–water partition coefficient (Wildman–Crippen LogP) is 3.01. The second-order valence-electron chi connectivity index (χ2n) is 5.22. The molecule has 0 spiro atoms. The lowest BCUT2D eigenvalue weighted by atomic mass is 10.1. The fourth-order valence-corrected chi connectivity index (χ4v) is 2.36. The summed E-state index contributed by atoms with van der Waals surface area (Å²) < 4.78 is 0. The second-order valence-corrected chi connectivity index (χ2v) is 5.63. The smallest absolute Gasteiger partial charge is 0.292 e. The summed E-state index contributed by atoms with van der Waals surface area (Å²) in [6.07, 6.45) is 0. The van der Waals surface area contributed by atoms with Crippen molar-refractivity contribution in [2.45, 2.75) is 6.54 Å². The lowest BCUT2D eigenvalue weighted by Gasteiger charge is -2.18. The molecule has 0 bridgehead atoms. The molecule has 2 aromatic rings. The van der Waals surface area contributed by atoms with Gasteiger partial charge in [0.2, 0.25) is 0 Å². The highest BCUT2D eigenvalue weighted by molar-refractivity contribution is 6.31. The second kappa shape index (κ2) is 7.14. The maximum Gasteiger partial charge on any atom is 0.292 e. The number of hydrogen-bond acceptors (Lipinski definition) is 6. The molecule has 0 unspecified atom stereocenters. The number of rotatable bonds is 5. The van der Waals surface area contributed by atoms with Gasteiger partial charge in [0.15, 0.2) is 0 Å². The molecule has 0 aliphatic rings. The SMILES string of the molecule is CN(Cc1cc([N+](=O)[O-])ccc1Cl)C(=O)c1ccc(N)c([N+](=O)[O-])c1. The van der Waals surface area contributed by atoms with E-state index in [1.165, 1.54) is 42.3 Å². The van der Waals surface area contributed by atoms with E-state index < -0.39 is 15.8 Å². The van der Waals surface area contributed by atoms with Gasteiger partial charge in [0, 0.05) is 42.4 Å². The lowest BCUT2D eigenvalue weighted by molar-refractivity contribution is -0.384. The van der Waals surface area contributed by atoms with Gasteiger partial charge < -0.3 is 10.6 Å². The average Bonchev–Trinajstić information content (AvgIpc) is 2.56. The first-order valence-electron chi connectivity index (χ1n) is 6.93. The molecular weight excluding hydrogens is 352 g/mol. The van der Waals surface area contributed by atoms with Crippen LogP contribution in [0.4, 0.5) is 17.1 Å². The van der Waals surface area contributed by atoms with Crippen molar-refractivity contribution in [3.63, 3.8) is 0 Å². The minimum atomic E-state index is -0.677. The van der Waals surface area contributed by atoms with Gasteiger partial charge in [-0.1, -0.05) is 11.6 Å². The van der Waals surface area contributed by atoms with Gasteiger partial charge in [-0.2, -0.15) is 0 Å². The minimum Gasteiger partial charge on any atom is -0.393 e. The Morgan fingerprint density at radius 3 is 2.44 bits per heavy atom. The first kappa shape index (κ1) is 18.1. The highest BCUT2D eigenvalue weighted by Crippen LogP contribution is 2.25. The van der Waals surface area contributed by atoms with Crippen molar-refractivity contribution in [2.24, 2.45) is 0 Å². The van der Waals surface area contributed by atoms with E-state index in [0.29, 0.717) is 5.56 Å². The number of nitrogens with two attached hydrogens (primary N) is 1. The van der Waals surface area contributed by atoms with Crippen molar-refractivity contribution in [1.29, 1.82) is 0 Å². The van der Waals surface area contributed by atoms with Crippen molar-refractivity contribution < 1.29 is 14.6 Å². The number of nitrogen functional groups attached to an aromatic ring is 1. The molecule has 0 aliphatic heterocycles. The van der Waals surface area contributed by atoms with Crippen LogP contribution in [0.1, 0.15) is 15.9 Å². The maximum atomic E-state index is 12.5. The summed E-state index contributed by atoms with van der Waals surface area (Å²) in [6.45, 7) is -0.00246. The van der Waals surface area contributed by atoms with Crippen molar-refractivity contribution in [3.8, 4) is 0 Å². The number of amides is 1. The third-order valence-electron chi connectivity index (χ3n) is 3.47. The lowest BCUT2D eigenvalue weighted by Crippen LogP contribution is -2.26. The zero-order valence-corrected chi connectivity index (χ0v) is 13.8. The molecule has 130 valence electrons. The number of carbonyl (C=O) groups excluding carboxylic acids is 1. The molecule has 0 fully saturated rings. The third kappa shape index (κ3) is 4.01. The normalized spacial score (nSPS) is 10.3. The predicted molar refractivity (Wildman–Crippen MR) is 91.4 cm³/mol. The molecule has 1 amide bonds. The number of benzene rings is 2. The Bertz CT molecular complexity index is 871. The monoisotopic (exact) mass is 364 g/mol. The van der Waals surface area contributed by atoms with Crippen LogP contribution < -0.4 is 5.73 Å². The van der Waals surface area contributed by atoms with Crippen LogP contribution in [0.5, 0.6) is 0 Å². The summed E-state index contributed by atoms with van der Waals surface area (Å²) in [7, 11) is 1.46. The summed E-state index contributed by atoms with van der Waals surface area (Å²) in [4.78, 5) is 34.2. The van der Waals surface area contributed by atoms with Gasteiger partial charge >= 0.3 is 0 Å². The van der Waals surface area contributed by atoms with Crippen molar-refractivity contribution in [2.75, 3.05) is 12.8 Å². The van der Waals surface area contributed by atoms with E-state index in [9.17, 15) is 25.0 Å². The zero-order chi connectivity index (χ0) is 18.7. The number of hydrogen-bond donors (Lipinski definition) is 1. The van der Waals surface area contributed by atoms with Crippen LogP contribution in [0.15, 0.2) is 36.4 Å². The minimum absolute atomic E-state index is 0.00246. The largest absolute Gasteiger partial charge is 0.393 e. The number of nitro benzene ring substituents is 2. The van der Waals surface area contributed by atoms with E-state index in [0.717, 1.165) is 6.07 Å². The summed E-state index contributed by atoms with van der Waals surface area (Å²) in [5, 5.41) is 22.0. The molecule has 25 heavy (non-hydrogen) atoms. The Labute approximate surface area is 146 Å². The molecule has 10 heteroatoms. The van der Waals surface area contributed by atoms with Crippen LogP contribution in [0.2, 0.25) is 5.02 Å². The van der Waals surface area contributed by atoms with Gasteiger partial charge in [0.05, 0.1) is 9.85 Å². The average molecular weight is 365 g/mol. The molecule has 9 nitrogen and oxygen atoms in total. The number of anilines is 1. The van der Waals surface area contributed by atoms with E-state index in [1.807, 2.05) is 0 Å². The third-order valence-corrected chi connectivity index (χ3v) is 3.84. The van der Waals surface area contributed by atoms with Gasteiger partial charge in [-0.25, -0.2) is 0 Å². The van der Waals surface area contributed by atoms with Gasteiger partial charge in [0.1, 0.15) is 5.69 Å². The first-order valence-corrected chi connectivity index (χ1v) is 7.30. The highest BCUT2D eigenvalue weighted by atomic mass is 35.5. The summed E-state index contributed by atoms with van der Waals surface area (Å²) in [5.74, 6) is -0.509. The van der Waals surface area contributed by atoms with Crippen LogP contribution in [0, 0.1) is 20.2 Å². The maximum absolute atomic E-state index is 12.5. The van der Waals surface area contributed by atoms with Crippen LogP contribution in [-0.4, -0.2) is 27.7 Å². The molecule has 2 rings (SSSR count). The molecule has 0 atom stereocenters. The van der Waals surface area contributed by atoms with Crippen LogP contribution in [0.3, 0.4) is 0 Å². The molecule has 0 heterocycles. The van der Waals surface area contributed by atoms with Crippen molar-refractivity contribution >= 4 is 34.6 Å².